The van der Waals surface area contributed by atoms with Gasteiger partial charge in [-0.2, -0.15) is 5.10 Å². The van der Waals surface area contributed by atoms with Crippen molar-refractivity contribution in [2.24, 2.45) is 0 Å². The molecule has 0 atom stereocenters. The average Bonchev–Trinajstić information content (AvgIpc) is 2.79. The highest BCUT2D eigenvalue weighted by Gasteiger charge is 2.15. The summed E-state index contributed by atoms with van der Waals surface area (Å²) in [6.45, 7) is 2.68. The van der Waals surface area contributed by atoms with E-state index in [4.69, 9.17) is 10.5 Å². The number of rotatable bonds is 5. The van der Waals surface area contributed by atoms with E-state index in [2.05, 4.69) is 10.1 Å². The van der Waals surface area contributed by atoms with Gasteiger partial charge in [0.05, 0.1) is 12.3 Å². The first-order chi connectivity index (χ1) is 9.20. The van der Waals surface area contributed by atoms with Crippen molar-refractivity contribution >= 4 is 11.7 Å². The van der Waals surface area contributed by atoms with Gasteiger partial charge < -0.3 is 10.5 Å². The molecule has 0 unspecified atom stereocenters. The summed E-state index contributed by atoms with van der Waals surface area (Å²) in [6.07, 6.45) is 5.95. The van der Waals surface area contributed by atoms with Crippen LogP contribution in [0.3, 0.4) is 0 Å². The minimum absolute atomic E-state index is 0.174. The predicted octanol–water partition coefficient (Wildman–Crippen LogP) is 1.28. The van der Waals surface area contributed by atoms with Gasteiger partial charge in [-0.05, 0) is 25.0 Å². The Morgan fingerprint density at radius 2 is 2.37 bits per heavy atom. The lowest BCUT2D eigenvalue weighted by Gasteiger charge is -2.01. The van der Waals surface area contributed by atoms with Crippen molar-refractivity contribution in [3.8, 4) is 0 Å². The number of nitrogens with zero attached hydrogens (tertiary/aromatic N) is 3. The second kappa shape index (κ2) is 5.99. The molecule has 0 fully saturated rings. The first-order valence-electron chi connectivity index (χ1n) is 6.09. The van der Waals surface area contributed by atoms with Gasteiger partial charge in [-0.15, -0.1) is 0 Å². The summed E-state index contributed by atoms with van der Waals surface area (Å²) in [5.41, 5.74) is 7.36. The molecule has 0 radical (unpaired) electrons. The zero-order chi connectivity index (χ0) is 13.7. The van der Waals surface area contributed by atoms with E-state index in [1.807, 2.05) is 12.1 Å². The summed E-state index contributed by atoms with van der Waals surface area (Å²) in [7, 11) is 0. The minimum atomic E-state index is -0.486. The van der Waals surface area contributed by atoms with E-state index in [9.17, 15) is 4.79 Å². The van der Waals surface area contributed by atoms with E-state index in [-0.39, 0.29) is 5.69 Å². The van der Waals surface area contributed by atoms with Crippen molar-refractivity contribution in [1.82, 2.24) is 14.8 Å². The van der Waals surface area contributed by atoms with Gasteiger partial charge in [0, 0.05) is 25.1 Å². The zero-order valence-electron chi connectivity index (χ0n) is 10.7. The van der Waals surface area contributed by atoms with Crippen molar-refractivity contribution in [1.29, 1.82) is 0 Å². The SMILES string of the molecule is CCOC(=O)c1nn(CCc2cccnc2)cc1N. The van der Waals surface area contributed by atoms with E-state index in [0.29, 0.717) is 18.8 Å². The Bertz CT molecular complexity index is 551. The minimum Gasteiger partial charge on any atom is -0.461 e. The number of hydrogen-bond acceptors (Lipinski definition) is 5. The maximum absolute atomic E-state index is 11.6. The number of esters is 1. The quantitative estimate of drug-likeness (QED) is 0.819. The van der Waals surface area contributed by atoms with E-state index < -0.39 is 5.97 Å². The van der Waals surface area contributed by atoms with E-state index in [1.165, 1.54) is 0 Å². The lowest BCUT2D eigenvalue weighted by molar-refractivity contribution is 0.0519. The highest BCUT2D eigenvalue weighted by molar-refractivity contribution is 5.92. The van der Waals surface area contributed by atoms with Crippen LogP contribution in [0.2, 0.25) is 0 Å². The molecule has 0 aliphatic rings. The summed E-state index contributed by atoms with van der Waals surface area (Å²) < 4.78 is 6.53. The lowest BCUT2D eigenvalue weighted by Crippen LogP contribution is -2.09. The number of aryl methyl sites for hydroxylation is 2. The van der Waals surface area contributed by atoms with Crippen LogP contribution in [0.4, 0.5) is 5.69 Å². The molecule has 0 aromatic carbocycles. The second-order valence-corrected chi connectivity index (χ2v) is 4.03. The molecule has 6 heteroatoms. The first kappa shape index (κ1) is 13.1. The summed E-state index contributed by atoms with van der Waals surface area (Å²) in [5, 5.41) is 4.14. The van der Waals surface area contributed by atoms with Crippen LogP contribution in [0.1, 0.15) is 23.0 Å². The molecule has 0 bridgehead atoms. The maximum atomic E-state index is 11.6. The topological polar surface area (TPSA) is 83.0 Å². The number of pyridine rings is 1. The number of carbonyl (C=O) groups is 1. The summed E-state index contributed by atoms with van der Waals surface area (Å²) >= 11 is 0. The largest absolute Gasteiger partial charge is 0.461 e. The smallest absolute Gasteiger partial charge is 0.361 e. The fourth-order valence-corrected chi connectivity index (χ4v) is 1.70. The van der Waals surface area contributed by atoms with Crippen molar-refractivity contribution in [2.75, 3.05) is 12.3 Å². The first-order valence-corrected chi connectivity index (χ1v) is 6.09. The fraction of sp³-hybridized carbons (Fsp3) is 0.308. The lowest BCUT2D eigenvalue weighted by atomic mass is 10.2. The molecular formula is C13H16N4O2. The van der Waals surface area contributed by atoms with E-state index >= 15 is 0 Å². The van der Waals surface area contributed by atoms with Crippen molar-refractivity contribution in [2.45, 2.75) is 19.9 Å². The van der Waals surface area contributed by atoms with Crippen molar-refractivity contribution in [3.05, 3.63) is 42.0 Å². The molecule has 0 aliphatic heterocycles. The van der Waals surface area contributed by atoms with Gasteiger partial charge in [0.2, 0.25) is 0 Å². The van der Waals surface area contributed by atoms with Crippen LogP contribution < -0.4 is 5.73 Å². The van der Waals surface area contributed by atoms with Gasteiger partial charge in [0.1, 0.15) is 0 Å². The number of anilines is 1. The molecule has 0 aliphatic carbocycles. The highest BCUT2D eigenvalue weighted by Crippen LogP contribution is 2.11. The van der Waals surface area contributed by atoms with Crippen LogP contribution >= 0.6 is 0 Å². The highest BCUT2D eigenvalue weighted by atomic mass is 16.5. The summed E-state index contributed by atoms with van der Waals surface area (Å²) in [4.78, 5) is 15.6. The maximum Gasteiger partial charge on any atom is 0.361 e. The Morgan fingerprint density at radius 3 is 3.05 bits per heavy atom. The van der Waals surface area contributed by atoms with Crippen LogP contribution in [0.5, 0.6) is 0 Å². The monoisotopic (exact) mass is 260 g/mol. The van der Waals surface area contributed by atoms with Crippen LogP contribution in [0, 0.1) is 0 Å². The summed E-state index contributed by atoms with van der Waals surface area (Å²) in [5.74, 6) is -0.486. The molecule has 0 saturated heterocycles. The number of nitrogen functional groups attached to an aromatic ring is 1. The molecule has 2 aromatic heterocycles. The number of aromatic nitrogens is 3. The van der Waals surface area contributed by atoms with E-state index in [0.717, 1.165) is 12.0 Å². The Kier molecular flexibility index (Phi) is 4.12. The molecule has 2 N–H and O–H groups in total. The third kappa shape index (κ3) is 3.31. The van der Waals surface area contributed by atoms with Gasteiger partial charge in [-0.25, -0.2) is 4.79 Å². The van der Waals surface area contributed by atoms with Crippen molar-refractivity contribution in [3.63, 3.8) is 0 Å². The number of nitrogens with two attached hydrogens (primary N) is 1. The van der Waals surface area contributed by atoms with Gasteiger partial charge in [0.25, 0.3) is 0 Å². The van der Waals surface area contributed by atoms with Crippen LogP contribution in [0.15, 0.2) is 30.7 Å². The molecular weight excluding hydrogens is 244 g/mol. The molecule has 2 aromatic rings. The van der Waals surface area contributed by atoms with Crippen molar-refractivity contribution < 1.29 is 9.53 Å². The van der Waals surface area contributed by atoms with Crippen LogP contribution in [-0.2, 0) is 17.7 Å². The third-order valence-electron chi connectivity index (χ3n) is 2.61. The Morgan fingerprint density at radius 1 is 1.53 bits per heavy atom. The van der Waals surface area contributed by atoms with Gasteiger partial charge in [0.15, 0.2) is 5.69 Å². The molecule has 0 amide bonds. The Balaban J connectivity index is 2.02. The summed E-state index contributed by atoms with van der Waals surface area (Å²) in [6, 6.07) is 3.88. The third-order valence-corrected chi connectivity index (χ3v) is 2.61. The molecule has 0 spiro atoms. The molecule has 19 heavy (non-hydrogen) atoms. The number of ether oxygens (including phenoxy) is 1. The average molecular weight is 260 g/mol. The molecule has 100 valence electrons. The fourth-order valence-electron chi connectivity index (χ4n) is 1.70. The zero-order valence-corrected chi connectivity index (χ0v) is 10.7. The van der Waals surface area contributed by atoms with E-state index in [1.54, 1.807) is 30.2 Å². The predicted molar refractivity (Wildman–Crippen MR) is 70.5 cm³/mol. The molecule has 6 nitrogen and oxygen atoms in total. The van der Waals surface area contributed by atoms with Gasteiger partial charge >= 0.3 is 5.97 Å². The van der Waals surface area contributed by atoms with Gasteiger partial charge in [-0.1, -0.05) is 6.07 Å². The Labute approximate surface area is 111 Å². The van der Waals surface area contributed by atoms with Gasteiger partial charge in [-0.3, -0.25) is 9.67 Å². The second-order valence-electron chi connectivity index (χ2n) is 4.03. The Hall–Kier alpha value is -2.37. The molecule has 0 saturated carbocycles. The standard InChI is InChI=1S/C13H16N4O2/c1-2-19-13(18)12-11(14)9-17(16-12)7-5-10-4-3-6-15-8-10/h3-4,6,8-9H,2,5,7,14H2,1H3. The normalized spacial score (nSPS) is 10.4. The van der Waals surface area contributed by atoms with Crippen LogP contribution in [-0.4, -0.2) is 27.3 Å². The number of hydrogen-bond donors (Lipinski definition) is 1. The van der Waals surface area contributed by atoms with Crippen LogP contribution in [0.25, 0.3) is 0 Å². The number of carbonyl (C=O) groups excluding carboxylic acids is 1. The molecule has 2 heterocycles. The molecule has 2 rings (SSSR count).